The van der Waals surface area contributed by atoms with Gasteiger partial charge in [-0.1, -0.05) is 6.07 Å². The van der Waals surface area contributed by atoms with Crippen LogP contribution in [0.25, 0.3) is 6.08 Å². The van der Waals surface area contributed by atoms with Crippen LogP contribution in [0, 0.1) is 10.1 Å². The number of fused-ring (bicyclic) bond motifs is 1. The van der Waals surface area contributed by atoms with Crippen LogP contribution < -0.4 is 9.47 Å². The number of ketones is 1. The molecule has 0 N–H and O–H groups in total. The van der Waals surface area contributed by atoms with Gasteiger partial charge in [-0.05, 0) is 47.5 Å². The van der Waals surface area contributed by atoms with E-state index < -0.39 is 4.92 Å². The number of carbonyl (C=O) groups excluding carboxylic acids is 1. The molecule has 28 heavy (non-hydrogen) atoms. The number of nitro groups is 1. The predicted molar refractivity (Wildman–Crippen MR) is 101 cm³/mol. The number of aromatic nitrogens is 1. The van der Waals surface area contributed by atoms with Crippen LogP contribution in [0.1, 0.15) is 21.5 Å². The van der Waals surface area contributed by atoms with Gasteiger partial charge in [-0.25, -0.2) is 0 Å². The van der Waals surface area contributed by atoms with Crippen molar-refractivity contribution in [2.45, 2.75) is 6.61 Å². The SMILES string of the molecule is O=C1/C(=C/c2cccnc2)Oc2cc(OCc3ccc([N+](=O)[O-])cc3)ccc21. The van der Waals surface area contributed by atoms with Gasteiger partial charge in [-0.2, -0.15) is 0 Å². The van der Waals surface area contributed by atoms with E-state index >= 15 is 0 Å². The van der Waals surface area contributed by atoms with Crippen molar-refractivity contribution in [3.05, 3.63) is 99.6 Å². The monoisotopic (exact) mass is 374 g/mol. The van der Waals surface area contributed by atoms with Crippen molar-refractivity contribution < 1.29 is 19.2 Å². The fourth-order valence-corrected chi connectivity index (χ4v) is 2.75. The van der Waals surface area contributed by atoms with Crippen molar-refractivity contribution in [3.8, 4) is 11.5 Å². The lowest BCUT2D eigenvalue weighted by molar-refractivity contribution is -0.384. The number of nitrogens with zero attached hydrogens (tertiary/aromatic N) is 2. The molecule has 0 amide bonds. The molecule has 0 spiro atoms. The number of allylic oxidation sites excluding steroid dienone is 1. The third-order valence-electron chi connectivity index (χ3n) is 4.18. The number of Topliss-reactive ketones (excluding diaryl/α,β-unsaturated/α-hetero) is 1. The van der Waals surface area contributed by atoms with Crippen LogP contribution in [0.3, 0.4) is 0 Å². The smallest absolute Gasteiger partial charge is 0.269 e. The molecule has 1 aromatic heterocycles. The second kappa shape index (κ2) is 7.32. The highest BCUT2D eigenvalue weighted by atomic mass is 16.6. The van der Waals surface area contributed by atoms with Crippen LogP contribution in [0.5, 0.6) is 11.5 Å². The zero-order valence-corrected chi connectivity index (χ0v) is 14.6. The molecule has 0 fully saturated rings. The molecule has 7 heteroatoms. The fourth-order valence-electron chi connectivity index (χ4n) is 2.75. The molecule has 138 valence electrons. The molecule has 0 saturated carbocycles. The Bertz CT molecular complexity index is 1080. The first kappa shape index (κ1) is 17.4. The van der Waals surface area contributed by atoms with E-state index in [1.54, 1.807) is 54.9 Å². The molecule has 1 aliphatic rings. The summed E-state index contributed by atoms with van der Waals surface area (Å²) in [5, 5.41) is 10.7. The molecule has 4 rings (SSSR count). The van der Waals surface area contributed by atoms with Crippen LogP contribution in [-0.4, -0.2) is 15.7 Å². The number of non-ortho nitro benzene ring substituents is 1. The van der Waals surface area contributed by atoms with E-state index in [9.17, 15) is 14.9 Å². The van der Waals surface area contributed by atoms with E-state index in [0.717, 1.165) is 11.1 Å². The minimum absolute atomic E-state index is 0.0288. The summed E-state index contributed by atoms with van der Waals surface area (Å²) in [4.78, 5) is 26.7. The zero-order chi connectivity index (χ0) is 19.5. The van der Waals surface area contributed by atoms with E-state index in [1.165, 1.54) is 12.1 Å². The van der Waals surface area contributed by atoms with Crippen LogP contribution in [-0.2, 0) is 6.61 Å². The standard InChI is InChI=1S/C21H14N2O5/c24-21-18-8-7-17(27-13-14-3-5-16(6-4-14)23(25)26)11-19(18)28-20(21)10-15-2-1-9-22-12-15/h1-12H,13H2/b20-10-. The fraction of sp³-hybridized carbons (Fsp3) is 0.0476. The molecule has 2 aromatic carbocycles. The van der Waals surface area contributed by atoms with Crippen LogP contribution in [0.4, 0.5) is 5.69 Å². The Morgan fingerprint density at radius 1 is 1.14 bits per heavy atom. The highest BCUT2D eigenvalue weighted by Crippen LogP contribution is 2.35. The number of hydrogen-bond acceptors (Lipinski definition) is 6. The highest BCUT2D eigenvalue weighted by molar-refractivity contribution is 6.14. The molecule has 0 bridgehead atoms. The Kier molecular flexibility index (Phi) is 4.55. The first-order valence-electron chi connectivity index (χ1n) is 8.44. The summed E-state index contributed by atoms with van der Waals surface area (Å²) in [5.41, 5.74) is 2.06. The van der Waals surface area contributed by atoms with E-state index in [0.29, 0.717) is 17.1 Å². The lowest BCUT2D eigenvalue weighted by Crippen LogP contribution is -1.98. The number of pyridine rings is 1. The molecule has 3 aromatic rings. The average molecular weight is 374 g/mol. The number of ether oxygens (including phenoxy) is 2. The summed E-state index contributed by atoms with van der Waals surface area (Å²) in [7, 11) is 0. The summed E-state index contributed by atoms with van der Waals surface area (Å²) in [6.07, 6.45) is 4.95. The van der Waals surface area contributed by atoms with E-state index in [4.69, 9.17) is 9.47 Å². The van der Waals surface area contributed by atoms with Crippen molar-refractivity contribution >= 4 is 17.5 Å². The van der Waals surface area contributed by atoms with Crippen LogP contribution >= 0.6 is 0 Å². The molecular weight excluding hydrogens is 360 g/mol. The summed E-state index contributed by atoms with van der Waals surface area (Å²) < 4.78 is 11.4. The first-order chi connectivity index (χ1) is 13.6. The summed E-state index contributed by atoms with van der Waals surface area (Å²) >= 11 is 0. The molecule has 0 atom stereocenters. The maximum atomic E-state index is 12.5. The van der Waals surface area contributed by atoms with Gasteiger partial charge in [0, 0.05) is 30.6 Å². The molecular formula is C21H14N2O5. The molecule has 0 aliphatic carbocycles. The van der Waals surface area contributed by atoms with Crippen molar-refractivity contribution in [1.29, 1.82) is 0 Å². The molecule has 7 nitrogen and oxygen atoms in total. The van der Waals surface area contributed by atoms with Crippen molar-refractivity contribution in [2.75, 3.05) is 0 Å². The minimum atomic E-state index is -0.448. The molecule has 0 radical (unpaired) electrons. The lowest BCUT2D eigenvalue weighted by Gasteiger charge is -2.07. The van der Waals surface area contributed by atoms with Crippen LogP contribution in [0.2, 0.25) is 0 Å². The molecule has 1 aliphatic heterocycles. The van der Waals surface area contributed by atoms with Gasteiger partial charge in [0.15, 0.2) is 5.76 Å². The summed E-state index contributed by atoms with van der Waals surface area (Å²) in [5.74, 6) is 1.00. The number of hydrogen-bond donors (Lipinski definition) is 0. The Morgan fingerprint density at radius 3 is 2.68 bits per heavy atom. The normalized spacial score (nSPS) is 13.9. The predicted octanol–water partition coefficient (Wildman–Crippen LogP) is 4.19. The van der Waals surface area contributed by atoms with Gasteiger partial charge in [0.25, 0.3) is 5.69 Å². The van der Waals surface area contributed by atoms with Crippen molar-refractivity contribution in [1.82, 2.24) is 4.98 Å². The number of benzene rings is 2. The summed E-state index contributed by atoms with van der Waals surface area (Å²) in [6, 6.07) is 14.8. The largest absolute Gasteiger partial charge is 0.489 e. The Morgan fingerprint density at radius 2 is 1.96 bits per heavy atom. The number of rotatable bonds is 5. The second-order valence-corrected chi connectivity index (χ2v) is 6.10. The topological polar surface area (TPSA) is 91.6 Å². The van der Waals surface area contributed by atoms with Gasteiger partial charge < -0.3 is 9.47 Å². The Labute approximate surface area is 160 Å². The molecule has 0 unspecified atom stereocenters. The third kappa shape index (κ3) is 3.59. The maximum Gasteiger partial charge on any atom is 0.269 e. The number of nitro benzene ring substituents is 1. The van der Waals surface area contributed by atoms with Crippen LogP contribution in [0.15, 0.2) is 72.8 Å². The van der Waals surface area contributed by atoms with Gasteiger partial charge in [0.1, 0.15) is 18.1 Å². The Hall–Kier alpha value is -4.00. The van der Waals surface area contributed by atoms with E-state index in [1.807, 2.05) is 6.07 Å². The first-order valence-corrected chi connectivity index (χ1v) is 8.44. The Balaban J connectivity index is 1.47. The van der Waals surface area contributed by atoms with Gasteiger partial charge in [-0.15, -0.1) is 0 Å². The maximum absolute atomic E-state index is 12.5. The zero-order valence-electron chi connectivity index (χ0n) is 14.6. The molecule has 2 heterocycles. The van der Waals surface area contributed by atoms with Crippen molar-refractivity contribution in [3.63, 3.8) is 0 Å². The quantitative estimate of drug-likeness (QED) is 0.378. The molecule has 0 saturated heterocycles. The van der Waals surface area contributed by atoms with Gasteiger partial charge >= 0.3 is 0 Å². The lowest BCUT2D eigenvalue weighted by atomic mass is 10.1. The second-order valence-electron chi connectivity index (χ2n) is 6.10. The number of carbonyl (C=O) groups is 1. The van der Waals surface area contributed by atoms with E-state index in [2.05, 4.69) is 4.98 Å². The minimum Gasteiger partial charge on any atom is -0.489 e. The third-order valence-corrected chi connectivity index (χ3v) is 4.18. The van der Waals surface area contributed by atoms with Gasteiger partial charge in [0.05, 0.1) is 10.5 Å². The summed E-state index contributed by atoms with van der Waals surface area (Å²) in [6.45, 7) is 0.239. The van der Waals surface area contributed by atoms with Gasteiger partial charge in [0.2, 0.25) is 5.78 Å². The van der Waals surface area contributed by atoms with Crippen molar-refractivity contribution in [2.24, 2.45) is 0 Å². The van der Waals surface area contributed by atoms with Gasteiger partial charge in [-0.3, -0.25) is 19.9 Å². The highest BCUT2D eigenvalue weighted by Gasteiger charge is 2.27. The van der Waals surface area contributed by atoms with E-state index in [-0.39, 0.29) is 23.8 Å². The average Bonchev–Trinajstić information content (AvgIpc) is 3.02.